The molecule has 0 amide bonds. The average Bonchev–Trinajstić information content (AvgIpc) is 2.66. The summed E-state index contributed by atoms with van der Waals surface area (Å²) in [6.45, 7) is 0.409. The van der Waals surface area contributed by atoms with Crippen LogP contribution in [0.25, 0.3) is 0 Å². The second kappa shape index (κ2) is 5.34. The van der Waals surface area contributed by atoms with Gasteiger partial charge < -0.3 is 9.67 Å². The van der Waals surface area contributed by atoms with Crippen molar-refractivity contribution in [2.45, 2.75) is 6.54 Å². The summed E-state index contributed by atoms with van der Waals surface area (Å²) in [5.74, 6) is -0.972. The summed E-state index contributed by atoms with van der Waals surface area (Å²) in [6.07, 6.45) is 1.53. The largest absolute Gasteiger partial charge is 0.478 e. The molecule has 18 heavy (non-hydrogen) atoms. The third-order valence-corrected chi connectivity index (χ3v) is 3.87. The summed E-state index contributed by atoms with van der Waals surface area (Å²) >= 11 is 15.4. The molecule has 0 radical (unpaired) electrons. The minimum Gasteiger partial charge on any atom is -0.478 e. The van der Waals surface area contributed by atoms with Gasteiger partial charge in [-0.3, -0.25) is 0 Å². The van der Waals surface area contributed by atoms with Crippen molar-refractivity contribution in [1.82, 2.24) is 4.57 Å². The summed E-state index contributed by atoms with van der Waals surface area (Å²) < 4.78 is 2.40. The van der Waals surface area contributed by atoms with Gasteiger partial charge >= 0.3 is 5.97 Å². The minimum absolute atomic E-state index is 0.213. The zero-order valence-electron chi connectivity index (χ0n) is 9.03. The van der Waals surface area contributed by atoms with E-state index in [-0.39, 0.29) is 5.56 Å². The number of rotatable bonds is 3. The second-order valence-electron chi connectivity index (χ2n) is 3.68. The Labute approximate surface area is 122 Å². The molecule has 3 nitrogen and oxygen atoms in total. The maximum absolute atomic E-state index is 10.9. The topological polar surface area (TPSA) is 42.2 Å². The Balaban J connectivity index is 2.37. The van der Waals surface area contributed by atoms with E-state index < -0.39 is 5.97 Å². The third kappa shape index (κ3) is 2.71. The van der Waals surface area contributed by atoms with E-state index in [0.717, 1.165) is 5.56 Å². The molecule has 1 aromatic heterocycles. The number of carboxylic acid groups (broad SMARTS) is 1. The maximum atomic E-state index is 10.9. The second-order valence-corrected chi connectivity index (χ2v) is 5.31. The van der Waals surface area contributed by atoms with Gasteiger partial charge in [0.05, 0.1) is 16.7 Å². The monoisotopic (exact) mass is 347 g/mol. The number of nitrogens with zero attached hydrogens (tertiary/aromatic N) is 1. The van der Waals surface area contributed by atoms with E-state index in [0.29, 0.717) is 21.2 Å². The van der Waals surface area contributed by atoms with E-state index in [1.165, 1.54) is 12.3 Å². The van der Waals surface area contributed by atoms with Crippen LogP contribution >= 0.6 is 39.1 Å². The van der Waals surface area contributed by atoms with Gasteiger partial charge in [0, 0.05) is 21.8 Å². The highest BCUT2D eigenvalue weighted by atomic mass is 79.9. The molecule has 1 heterocycles. The first-order chi connectivity index (χ1) is 8.49. The van der Waals surface area contributed by atoms with E-state index in [2.05, 4.69) is 15.9 Å². The minimum atomic E-state index is -0.972. The van der Waals surface area contributed by atoms with Crippen LogP contribution in [0.3, 0.4) is 0 Å². The molecule has 1 aromatic carbocycles. The quantitative estimate of drug-likeness (QED) is 0.898. The Morgan fingerprint density at radius 3 is 2.44 bits per heavy atom. The zero-order chi connectivity index (χ0) is 13.3. The smallest absolute Gasteiger partial charge is 0.337 e. The predicted octanol–water partition coefficient (Wildman–Crippen LogP) is 4.30. The Hall–Kier alpha value is -0.970. The Morgan fingerprint density at radius 1 is 1.33 bits per heavy atom. The molecule has 0 atom stereocenters. The molecule has 1 N–H and O–H groups in total. The molecule has 2 rings (SSSR count). The van der Waals surface area contributed by atoms with E-state index in [1.807, 2.05) is 0 Å². The van der Waals surface area contributed by atoms with E-state index in [9.17, 15) is 4.79 Å². The first-order valence-corrected chi connectivity index (χ1v) is 6.56. The number of aromatic nitrogens is 1. The fourth-order valence-corrected chi connectivity index (χ4v) is 2.56. The summed E-state index contributed by atoms with van der Waals surface area (Å²) in [6, 6.07) is 6.80. The molecule has 0 aliphatic carbocycles. The molecule has 0 aliphatic rings. The van der Waals surface area contributed by atoms with Crippen molar-refractivity contribution in [1.29, 1.82) is 0 Å². The first kappa shape index (κ1) is 13.5. The van der Waals surface area contributed by atoms with Crippen molar-refractivity contribution < 1.29 is 9.90 Å². The van der Waals surface area contributed by atoms with Crippen LogP contribution in [0.4, 0.5) is 0 Å². The lowest BCUT2D eigenvalue weighted by Crippen LogP contribution is -2.00. The number of carboxylic acids is 1. The normalized spacial score (nSPS) is 10.6. The van der Waals surface area contributed by atoms with Crippen molar-refractivity contribution in [3.63, 3.8) is 0 Å². The average molecular weight is 349 g/mol. The third-order valence-electron chi connectivity index (χ3n) is 2.48. The highest BCUT2D eigenvalue weighted by Gasteiger charge is 2.12. The van der Waals surface area contributed by atoms with Crippen LogP contribution in [0.15, 0.2) is 35.1 Å². The van der Waals surface area contributed by atoms with E-state index >= 15 is 0 Å². The number of hydrogen-bond donors (Lipinski definition) is 1. The Kier molecular flexibility index (Phi) is 4.00. The van der Waals surface area contributed by atoms with Gasteiger partial charge in [0.15, 0.2) is 0 Å². The lowest BCUT2D eigenvalue weighted by atomic mass is 10.2. The van der Waals surface area contributed by atoms with Crippen molar-refractivity contribution in [2.75, 3.05) is 0 Å². The molecule has 0 unspecified atom stereocenters. The highest BCUT2D eigenvalue weighted by Crippen LogP contribution is 2.27. The fraction of sp³-hybridized carbons (Fsp3) is 0.0833. The summed E-state index contributed by atoms with van der Waals surface area (Å²) in [4.78, 5) is 10.9. The number of benzene rings is 1. The SMILES string of the molecule is O=C(O)c1cc(Br)n(Cc2c(Cl)cccc2Cl)c1. The fourth-order valence-electron chi connectivity index (χ4n) is 1.57. The molecular formula is C12H8BrCl2NO2. The van der Waals surface area contributed by atoms with Crippen LogP contribution in [0, 0.1) is 0 Å². The maximum Gasteiger partial charge on any atom is 0.337 e. The Bertz CT molecular complexity index is 590. The summed E-state index contributed by atoms with van der Waals surface area (Å²) in [5.41, 5.74) is 0.971. The standard InChI is InChI=1S/C12H8BrCl2NO2/c13-11-4-7(12(17)18)5-16(11)6-8-9(14)2-1-3-10(8)15/h1-5H,6H2,(H,17,18). The van der Waals surface area contributed by atoms with Crippen molar-refractivity contribution in [3.8, 4) is 0 Å². The van der Waals surface area contributed by atoms with Crippen molar-refractivity contribution >= 4 is 45.1 Å². The van der Waals surface area contributed by atoms with Gasteiger partial charge in [-0.1, -0.05) is 29.3 Å². The van der Waals surface area contributed by atoms with Gasteiger partial charge in [0.2, 0.25) is 0 Å². The molecule has 2 aromatic rings. The molecule has 0 saturated heterocycles. The number of hydrogen-bond acceptors (Lipinski definition) is 1. The molecule has 0 spiro atoms. The van der Waals surface area contributed by atoms with Gasteiger partial charge in [0.25, 0.3) is 0 Å². The van der Waals surface area contributed by atoms with Gasteiger partial charge in [-0.2, -0.15) is 0 Å². The van der Waals surface area contributed by atoms with E-state index in [1.54, 1.807) is 22.8 Å². The lowest BCUT2D eigenvalue weighted by molar-refractivity contribution is 0.0697. The van der Waals surface area contributed by atoms with Crippen LogP contribution in [-0.2, 0) is 6.54 Å². The molecule has 0 fully saturated rings. The lowest BCUT2D eigenvalue weighted by Gasteiger charge is -2.09. The molecule has 6 heteroatoms. The van der Waals surface area contributed by atoms with Gasteiger partial charge in [0.1, 0.15) is 0 Å². The van der Waals surface area contributed by atoms with Crippen LogP contribution < -0.4 is 0 Å². The number of halogens is 3. The predicted molar refractivity (Wildman–Crippen MR) is 74.7 cm³/mol. The zero-order valence-corrected chi connectivity index (χ0v) is 12.1. The van der Waals surface area contributed by atoms with Crippen LogP contribution in [-0.4, -0.2) is 15.6 Å². The van der Waals surface area contributed by atoms with Crippen molar-refractivity contribution in [2.24, 2.45) is 0 Å². The molecular weight excluding hydrogens is 341 g/mol. The molecule has 0 bridgehead atoms. The number of carbonyl (C=O) groups is 1. The van der Waals surface area contributed by atoms with Gasteiger partial charge in [-0.05, 0) is 34.1 Å². The number of aromatic carboxylic acids is 1. The first-order valence-electron chi connectivity index (χ1n) is 5.01. The van der Waals surface area contributed by atoms with Crippen LogP contribution in [0.5, 0.6) is 0 Å². The molecule has 0 saturated carbocycles. The Morgan fingerprint density at radius 2 is 1.94 bits per heavy atom. The van der Waals surface area contributed by atoms with Gasteiger partial charge in [-0.25, -0.2) is 4.79 Å². The molecule has 94 valence electrons. The summed E-state index contributed by atoms with van der Waals surface area (Å²) in [7, 11) is 0. The van der Waals surface area contributed by atoms with Gasteiger partial charge in [-0.15, -0.1) is 0 Å². The summed E-state index contributed by atoms with van der Waals surface area (Å²) in [5, 5.41) is 10.0. The van der Waals surface area contributed by atoms with Crippen LogP contribution in [0.1, 0.15) is 15.9 Å². The van der Waals surface area contributed by atoms with E-state index in [4.69, 9.17) is 28.3 Å². The highest BCUT2D eigenvalue weighted by molar-refractivity contribution is 9.10. The molecule has 0 aliphatic heterocycles. The van der Waals surface area contributed by atoms with Crippen LogP contribution in [0.2, 0.25) is 10.0 Å². The van der Waals surface area contributed by atoms with Crippen molar-refractivity contribution in [3.05, 3.63) is 56.2 Å².